The minimum absolute atomic E-state index is 0.380. The number of aliphatic carboxylic acids is 1. The fourth-order valence-corrected chi connectivity index (χ4v) is 0.820. The molecule has 0 saturated heterocycles. The summed E-state index contributed by atoms with van der Waals surface area (Å²) >= 11 is 0. The lowest BCUT2D eigenvalue weighted by Crippen LogP contribution is -2.09. The molecule has 0 radical (unpaired) electrons. The summed E-state index contributed by atoms with van der Waals surface area (Å²) in [6.45, 7) is -0.909. The normalized spacial score (nSPS) is 9.62. The lowest BCUT2D eigenvalue weighted by molar-refractivity contribution is -0.139. The van der Waals surface area contributed by atoms with Crippen molar-refractivity contribution in [3.8, 4) is 5.75 Å². The van der Waals surface area contributed by atoms with Gasteiger partial charge in [0, 0.05) is 0 Å². The molecule has 0 aliphatic heterocycles. The smallest absolute Gasteiger partial charge is 0.341 e. The van der Waals surface area contributed by atoms with Crippen LogP contribution in [0.5, 0.6) is 5.75 Å². The Labute approximate surface area is 74.8 Å². The van der Waals surface area contributed by atoms with Crippen molar-refractivity contribution in [2.24, 2.45) is 0 Å². The number of halogens is 1. The van der Waals surface area contributed by atoms with Gasteiger partial charge in [-0.25, -0.2) is 9.18 Å². The third-order valence-electron chi connectivity index (χ3n) is 1.44. The average Bonchev–Trinajstić information content (AvgIpc) is 2.15. The van der Waals surface area contributed by atoms with Crippen molar-refractivity contribution in [3.63, 3.8) is 0 Å². The number of alkyl halides is 1. The summed E-state index contributed by atoms with van der Waals surface area (Å²) in [5, 5.41) is 8.29. The fourth-order valence-electron chi connectivity index (χ4n) is 0.820. The van der Waals surface area contributed by atoms with E-state index in [1.54, 1.807) is 12.1 Å². The second kappa shape index (κ2) is 4.45. The van der Waals surface area contributed by atoms with E-state index in [1.807, 2.05) is 0 Å². The van der Waals surface area contributed by atoms with Crippen molar-refractivity contribution in [1.29, 1.82) is 0 Å². The van der Waals surface area contributed by atoms with E-state index in [-0.39, 0.29) is 6.61 Å². The van der Waals surface area contributed by atoms with Crippen LogP contribution in [0.2, 0.25) is 0 Å². The summed E-state index contributed by atoms with van der Waals surface area (Å²) in [5.41, 5.74) is 0.544. The second-order valence-corrected chi connectivity index (χ2v) is 2.46. The molecule has 13 heavy (non-hydrogen) atoms. The molecule has 0 atom stereocenters. The molecule has 1 N–H and O–H groups in total. The number of ether oxygens (including phenoxy) is 1. The number of carboxylic acid groups (broad SMARTS) is 1. The summed E-state index contributed by atoms with van der Waals surface area (Å²) in [5.74, 6) is -0.603. The van der Waals surface area contributed by atoms with Crippen molar-refractivity contribution >= 4 is 5.97 Å². The first-order chi connectivity index (χ1) is 6.22. The average molecular weight is 184 g/mol. The van der Waals surface area contributed by atoms with Gasteiger partial charge in [0.05, 0.1) is 0 Å². The predicted molar refractivity (Wildman–Crippen MR) is 44.4 cm³/mol. The largest absolute Gasteiger partial charge is 0.482 e. The molecule has 0 heterocycles. The SMILES string of the molecule is O=C(O)COc1ccc(CF)cc1. The Bertz CT molecular complexity index is 281. The van der Waals surface area contributed by atoms with E-state index in [0.717, 1.165) is 0 Å². The molecule has 0 amide bonds. The van der Waals surface area contributed by atoms with Crippen LogP contribution in [-0.2, 0) is 11.5 Å². The van der Waals surface area contributed by atoms with Crippen LogP contribution in [0.1, 0.15) is 5.56 Å². The van der Waals surface area contributed by atoms with Crippen molar-refractivity contribution in [2.45, 2.75) is 6.67 Å². The van der Waals surface area contributed by atoms with Crippen LogP contribution in [0.15, 0.2) is 24.3 Å². The molecule has 0 bridgehead atoms. The third-order valence-corrected chi connectivity index (χ3v) is 1.44. The molecule has 0 fully saturated rings. The summed E-state index contributed by atoms with van der Waals surface area (Å²) < 4.78 is 16.9. The highest BCUT2D eigenvalue weighted by Gasteiger charge is 1.98. The second-order valence-electron chi connectivity index (χ2n) is 2.46. The van der Waals surface area contributed by atoms with E-state index in [1.165, 1.54) is 12.1 Å². The number of carboxylic acids is 1. The van der Waals surface area contributed by atoms with Gasteiger partial charge in [-0.15, -0.1) is 0 Å². The standard InChI is InChI=1S/C9H9FO3/c10-5-7-1-3-8(4-2-7)13-6-9(11)12/h1-4H,5-6H2,(H,11,12). The molecule has 70 valence electrons. The zero-order valence-electron chi connectivity index (χ0n) is 6.87. The van der Waals surface area contributed by atoms with E-state index in [2.05, 4.69) is 0 Å². The Morgan fingerprint density at radius 3 is 2.46 bits per heavy atom. The molecule has 0 unspecified atom stereocenters. The molecule has 4 heteroatoms. The zero-order chi connectivity index (χ0) is 9.68. The van der Waals surface area contributed by atoms with Gasteiger partial charge in [0.1, 0.15) is 12.4 Å². The highest BCUT2D eigenvalue weighted by atomic mass is 19.1. The Balaban J connectivity index is 2.54. The number of benzene rings is 1. The van der Waals surface area contributed by atoms with Gasteiger partial charge in [-0.3, -0.25) is 0 Å². The van der Waals surface area contributed by atoms with E-state index in [4.69, 9.17) is 9.84 Å². The monoisotopic (exact) mass is 184 g/mol. The molecule has 1 aromatic carbocycles. The van der Waals surface area contributed by atoms with Gasteiger partial charge in [0.2, 0.25) is 0 Å². The molecule has 3 nitrogen and oxygen atoms in total. The number of rotatable bonds is 4. The first kappa shape index (κ1) is 9.51. The van der Waals surface area contributed by atoms with Crippen molar-refractivity contribution in [1.82, 2.24) is 0 Å². The van der Waals surface area contributed by atoms with Crippen molar-refractivity contribution in [2.75, 3.05) is 6.61 Å². The Hall–Kier alpha value is -1.58. The molecule has 1 rings (SSSR count). The molecule has 0 spiro atoms. The summed E-state index contributed by atoms with van der Waals surface area (Å²) in [7, 11) is 0. The minimum Gasteiger partial charge on any atom is -0.482 e. The zero-order valence-corrected chi connectivity index (χ0v) is 6.87. The molecule has 0 saturated carbocycles. The van der Waals surface area contributed by atoms with Gasteiger partial charge < -0.3 is 9.84 Å². The number of carbonyl (C=O) groups is 1. The highest BCUT2D eigenvalue weighted by molar-refractivity contribution is 5.68. The van der Waals surface area contributed by atoms with Gasteiger partial charge in [-0.2, -0.15) is 0 Å². The highest BCUT2D eigenvalue weighted by Crippen LogP contribution is 2.12. The van der Waals surface area contributed by atoms with Crippen LogP contribution in [0.25, 0.3) is 0 Å². The number of hydrogen-bond donors (Lipinski definition) is 1. The topological polar surface area (TPSA) is 46.5 Å². The maximum Gasteiger partial charge on any atom is 0.341 e. The van der Waals surface area contributed by atoms with Gasteiger partial charge in [0.15, 0.2) is 6.61 Å². The predicted octanol–water partition coefficient (Wildman–Crippen LogP) is 1.62. The van der Waals surface area contributed by atoms with Crippen molar-refractivity contribution < 1.29 is 19.0 Å². The summed E-state index contributed by atoms with van der Waals surface area (Å²) in [6.07, 6.45) is 0. The molecule has 1 aromatic rings. The van der Waals surface area contributed by atoms with Crippen LogP contribution >= 0.6 is 0 Å². The van der Waals surface area contributed by atoms with Gasteiger partial charge in [0.25, 0.3) is 0 Å². The van der Waals surface area contributed by atoms with E-state index in [9.17, 15) is 9.18 Å². The Kier molecular flexibility index (Phi) is 3.25. The molecular formula is C9H9FO3. The minimum atomic E-state index is -1.03. The van der Waals surface area contributed by atoms with E-state index >= 15 is 0 Å². The number of hydrogen-bond acceptors (Lipinski definition) is 2. The maximum absolute atomic E-state index is 12.0. The molecule has 0 aromatic heterocycles. The molecule has 0 aliphatic rings. The lowest BCUT2D eigenvalue weighted by atomic mass is 10.2. The Morgan fingerprint density at radius 1 is 1.38 bits per heavy atom. The lowest BCUT2D eigenvalue weighted by Gasteiger charge is -2.02. The molecule has 0 aliphatic carbocycles. The van der Waals surface area contributed by atoms with Crippen LogP contribution in [-0.4, -0.2) is 17.7 Å². The summed E-state index contributed by atoms with van der Waals surface area (Å²) in [4.78, 5) is 10.1. The van der Waals surface area contributed by atoms with Crippen molar-refractivity contribution in [3.05, 3.63) is 29.8 Å². The van der Waals surface area contributed by atoms with Gasteiger partial charge >= 0.3 is 5.97 Å². The first-order valence-corrected chi connectivity index (χ1v) is 3.72. The first-order valence-electron chi connectivity index (χ1n) is 3.72. The van der Waals surface area contributed by atoms with E-state index in [0.29, 0.717) is 11.3 Å². The third kappa shape index (κ3) is 3.11. The summed E-state index contributed by atoms with van der Waals surface area (Å²) in [6, 6.07) is 6.18. The van der Waals surface area contributed by atoms with Crippen LogP contribution < -0.4 is 4.74 Å². The van der Waals surface area contributed by atoms with Gasteiger partial charge in [-0.1, -0.05) is 12.1 Å². The van der Waals surface area contributed by atoms with Crippen LogP contribution in [0.3, 0.4) is 0 Å². The van der Waals surface area contributed by atoms with Crippen LogP contribution in [0.4, 0.5) is 4.39 Å². The molecular weight excluding hydrogens is 175 g/mol. The van der Waals surface area contributed by atoms with Crippen LogP contribution in [0, 0.1) is 0 Å². The quantitative estimate of drug-likeness (QED) is 0.773. The maximum atomic E-state index is 12.0. The Morgan fingerprint density at radius 2 is 2.00 bits per heavy atom. The van der Waals surface area contributed by atoms with E-state index < -0.39 is 12.6 Å². The fraction of sp³-hybridized carbons (Fsp3) is 0.222. The van der Waals surface area contributed by atoms with Gasteiger partial charge in [-0.05, 0) is 17.7 Å².